The molecule has 0 spiro atoms. The van der Waals surface area contributed by atoms with Crippen LogP contribution in [0.1, 0.15) is 47.1 Å². The van der Waals surface area contributed by atoms with Crippen LogP contribution in [0.5, 0.6) is 11.5 Å². The van der Waals surface area contributed by atoms with E-state index in [-0.39, 0.29) is 18.1 Å². The van der Waals surface area contributed by atoms with Gasteiger partial charge < -0.3 is 20.3 Å². The summed E-state index contributed by atoms with van der Waals surface area (Å²) in [5.41, 5.74) is 6.45. The number of ether oxygens (including phenoxy) is 2. The molecule has 0 saturated heterocycles. The van der Waals surface area contributed by atoms with Gasteiger partial charge in [0.15, 0.2) is 0 Å². The molecule has 0 fully saturated rings. The zero-order chi connectivity index (χ0) is 22.0. The van der Waals surface area contributed by atoms with Crippen LogP contribution in [0.3, 0.4) is 0 Å². The number of carbonyl (C=O) groups is 2. The number of nitrogen functional groups attached to an aromatic ring is 1. The van der Waals surface area contributed by atoms with E-state index in [0.29, 0.717) is 22.4 Å². The number of aliphatic hydroxyl groups is 1. The van der Waals surface area contributed by atoms with Crippen molar-refractivity contribution < 1.29 is 24.2 Å². The molecule has 0 amide bonds. The summed E-state index contributed by atoms with van der Waals surface area (Å²) in [6.45, 7) is 10.2. The molecule has 0 aliphatic heterocycles. The number of rotatable bonds is 4. The molecular formula is C23H28NO5. The monoisotopic (exact) mass is 398 g/mol. The molecule has 29 heavy (non-hydrogen) atoms. The normalized spacial score (nSPS) is 11.8. The highest BCUT2D eigenvalue weighted by atomic mass is 16.5. The number of esters is 2. The molecule has 0 aliphatic rings. The van der Waals surface area contributed by atoms with Crippen LogP contribution in [-0.2, 0) is 16.2 Å². The third-order valence-electron chi connectivity index (χ3n) is 4.04. The van der Waals surface area contributed by atoms with Gasteiger partial charge in [-0.05, 0) is 89.1 Å². The first-order chi connectivity index (χ1) is 13.3. The van der Waals surface area contributed by atoms with Gasteiger partial charge in [0.05, 0.1) is 23.0 Å². The van der Waals surface area contributed by atoms with Crippen LogP contribution in [0.4, 0.5) is 5.69 Å². The van der Waals surface area contributed by atoms with E-state index in [1.165, 1.54) is 12.1 Å². The summed E-state index contributed by atoms with van der Waals surface area (Å²) in [4.78, 5) is 25.0. The Morgan fingerprint density at radius 1 is 0.931 bits per heavy atom. The number of hydrogen-bond acceptors (Lipinski definition) is 6. The fraction of sp³-hybridized carbons (Fsp3) is 0.391. The predicted octanol–water partition coefficient (Wildman–Crippen LogP) is 4.13. The van der Waals surface area contributed by atoms with Gasteiger partial charge in [0.25, 0.3) is 0 Å². The summed E-state index contributed by atoms with van der Waals surface area (Å²) >= 11 is 0. The lowest BCUT2D eigenvalue weighted by atomic mass is 9.96. The minimum Gasteiger partial charge on any atom is -0.425 e. The van der Waals surface area contributed by atoms with Crippen molar-refractivity contribution in [1.82, 2.24) is 0 Å². The molecule has 2 rings (SSSR count). The van der Waals surface area contributed by atoms with E-state index in [0.717, 1.165) is 0 Å². The lowest BCUT2D eigenvalue weighted by Crippen LogP contribution is -2.27. The van der Waals surface area contributed by atoms with E-state index >= 15 is 0 Å². The summed E-state index contributed by atoms with van der Waals surface area (Å²) in [5.74, 6) is -0.507. The first-order valence-electron chi connectivity index (χ1n) is 9.32. The molecule has 0 unspecified atom stereocenters. The minimum absolute atomic E-state index is 0.193. The maximum atomic E-state index is 12.5. The van der Waals surface area contributed by atoms with Gasteiger partial charge in [0, 0.05) is 5.69 Å². The topological polar surface area (TPSA) is 98.9 Å². The van der Waals surface area contributed by atoms with Crippen LogP contribution in [0.2, 0.25) is 0 Å². The maximum Gasteiger partial charge on any atom is 0.316 e. The molecule has 6 heteroatoms. The van der Waals surface area contributed by atoms with Crippen LogP contribution >= 0.6 is 0 Å². The van der Waals surface area contributed by atoms with Gasteiger partial charge in [-0.1, -0.05) is 0 Å². The average Bonchev–Trinajstić information content (AvgIpc) is 2.59. The van der Waals surface area contributed by atoms with E-state index in [1.54, 1.807) is 59.7 Å². The third kappa shape index (κ3) is 5.57. The predicted molar refractivity (Wildman–Crippen MR) is 111 cm³/mol. The fourth-order valence-corrected chi connectivity index (χ4v) is 2.36. The number of aliphatic hydroxyl groups excluding tert-OH is 1. The van der Waals surface area contributed by atoms with Gasteiger partial charge in [-0.15, -0.1) is 0 Å². The number of anilines is 1. The van der Waals surface area contributed by atoms with Crippen molar-refractivity contribution in [2.24, 2.45) is 10.8 Å². The molecule has 0 saturated carbocycles. The Kier molecular flexibility index (Phi) is 6.38. The Bertz CT molecular complexity index is 874. The quantitative estimate of drug-likeness (QED) is 0.456. The van der Waals surface area contributed by atoms with Crippen molar-refractivity contribution in [1.29, 1.82) is 0 Å². The second-order valence-corrected chi connectivity index (χ2v) is 8.96. The van der Waals surface area contributed by atoms with Crippen LogP contribution in [0, 0.1) is 16.9 Å². The Balaban J connectivity index is 2.66. The van der Waals surface area contributed by atoms with Crippen molar-refractivity contribution in [3.63, 3.8) is 0 Å². The van der Waals surface area contributed by atoms with E-state index in [4.69, 9.17) is 15.2 Å². The van der Waals surface area contributed by atoms with Gasteiger partial charge in [0.1, 0.15) is 11.5 Å². The number of hydrogen-bond donors (Lipinski definition) is 2. The molecule has 2 aromatic rings. The second-order valence-electron chi connectivity index (χ2n) is 8.96. The summed E-state index contributed by atoms with van der Waals surface area (Å²) in [6, 6.07) is 10.9. The number of nitrogens with two attached hydrogens (primary N) is 1. The molecule has 155 valence electrons. The van der Waals surface area contributed by atoms with Gasteiger partial charge in [-0.2, -0.15) is 0 Å². The largest absolute Gasteiger partial charge is 0.425 e. The molecule has 0 aliphatic carbocycles. The van der Waals surface area contributed by atoms with Crippen LogP contribution in [0.25, 0.3) is 11.1 Å². The van der Waals surface area contributed by atoms with Crippen molar-refractivity contribution in [2.75, 3.05) is 5.73 Å². The summed E-state index contributed by atoms with van der Waals surface area (Å²) in [5, 5.41) is 9.54. The van der Waals surface area contributed by atoms with E-state index < -0.39 is 22.8 Å². The zero-order valence-corrected chi connectivity index (χ0v) is 17.8. The van der Waals surface area contributed by atoms with Crippen LogP contribution < -0.4 is 15.2 Å². The summed E-state index contributed by atoms with van der Waals surface area (Å²) in [7, 11) is 0. The molecule has 6 nitrogen and oxygen atoms in total. The fourth-order valence-electron chi connectivity index (χ4n) is 2.36. The number of carbonyl (C=O) groups excluding carboxylic acids is 2. The Hall–Kier alpha value is -2.86. The molecule has 0 atom stereocenters. The van der Waals surface area contributed by atoms with Gasteiger partial charge in [-0.25, -0.2) is 0 Å². The average molecular weight is 398 g/mol. The first-order valence-corrected chi connectivity index (χ1v) is 9.32. The molecular weight excluding hydrogens is 370 g/mol. The SMILES string of the molecule is CC(C)(C)C(=O)Oc1c[c]cc(OC(=O)C(C)(C)C)c1-c1cc(N)cc(CO)c1. The van der Waals surface area contributed by atoms with Crippen LogP contribution in [-0.4, -0.2) is 17.0 Å². The third-order valence-corrected chi connectivity index (χ3v) is 4.04. The molecule has 0 aromatic heterocycles. The highest BCUT2D eigenvalue weighted by Crippen LogP contribution is 2.41. The summed E-state index contributed by atoms with van der Waals surface area (Å²) < 4.78 is 11.2. The lowest BCUT2D eigenvalue weighted by Gasteiger charge is -2.22. The Morgan fingerprint density at radius 3 is 1.83 bits per heavy atom. The smallest absolute Gasteiger partial charge is 0.316 e. The highest BCUT2D eigenvalue weighted by molar-refractivity contribution is 5.87. The van der Waals surface area contributed by atoms with E-state index in [9.17, 15) is 14.7 Å². The highest BCUT2D eigenvalue weighted by Gasteiger charge is 2.28. The number of benzene rings is 2. The standard InChI is InChI=1S/C23H28NO5/c1-22(2,3)20(26)28-17-8-7-9-18(29-21(27)23(4,5)6)19(17)15-10-14(13-25)11-16(24)12-15/h8-12,25H,13,24H2,1-6H3. The zero-order valence-electron chi connectivity index (χ0n) is 17.8. The van der Waals surface area contributed by atoms with E-state index in [1.807, 2.05) is 0 Å². The molecule has 0 bridgehead atoms. The van der Waals surface area contributed by atoms with Gasteiger partial charge in [-0.3, -0.25) is 9.59 Å². The Labute approximate surface area is 171 Å². The van der Waals surface area contributed by atoms with Gasteiger partial charge in [0.2, 0.25) is 0 Å². The van der Waals surface area contributed by atoms with Crippen molar-refractivity contribution in [3.8, 4) is 22.6 Å². The minimum atomic E-state index is -0.735. The van der Waals surface area contributed by atoms with E-state index in [2.05, 4.69) is 6.07 Å². The second kappa shape index (κ2) is 8.25. The van der Waals surface area contributed by atoms with Gasteiger partial charge >= 0.3 is 11.9 Å². The molecule has 3 N–H and O–H groups in total. The first kappa shape index (κ1) is 22.4. The lowest BCUT2D eigenvalue weighted by molar-refractivity contribution is -0.143. The van der Waals surface area contributed by atoms with Crippen molar-refractivity contribution >= 4 is 17.6 Å². The van der Waals surface area contributed by atoms with Crippen molar-refractivity contribution in [3.05, 3.63) is 42.0 Å². The maximum absolute atomic E-state index is 12.5. The van der Waals surface area contributed by atoms with Crippen LogP contribution in [0.15, 0.2) is 30.3 Å². The molecule has 0 heterocycles. The van der Waals surface area contributed by atoms with Crippen molar-refractivity contribution in [2.45, 2.75) is 48.1 Å². The molecule has 1 radical (unpaired) electrons. The summed E-state index contributed by atoms with van der Waals surface area (Å²) in [6.07, 6.45) is 0. The Morgan fingerprint density at radius 2 is 1.41 bits per heavy atom. The molecule has 2 aromatic carbocycles.